The molecule has 0 bridgehead atoms. The average molecular weight is 403 g/mol. The molecule has 0 unspecified atom stereocenters. The first-order chi connectivity index (χ1) is 13.3. The second-order valence-electron chi connectivity index (χ2n) is 7.83. The number of hydrogen-bond acceptors (Lipinski definition) is 5. The van der Waals surface area contributed by atoms with E-state index in [4.69, 9.17) is 4.74 Å². The molecule has 0 N–H and O–H groups in total. The molecule has 0 saturated heterocycles. The van der Waals surface area contributed by atoms with Crippen molar-refractivity contribution in [2.45, 2.75) is 65.5 Å². The number of nitrogens with zero attached hydrogens (tertiary/aromatic N) is 2. The van der Waals surface area contributed by atoms with Crippen LogP contribution in [0, 0.1) is 0 Å². The minimum Gasteiger partial charge on any atom is -0.464 e. The highest BCUT2D eigenvalue weighted by Crippen LogP contribution is 2.23. The Balaban J connectivity index is 2.15. The maximum absolute atomic E-state index is 13.2. The van der Waals surface area contributed by atoms with Crippen LogP contribution in [0.3, 0.4) is 0 Å². The molecule has 0 spiro atoms. The fourth-order valence-electron chi connectivity index (χ4n) is 2.88. The zero-order valence-electron chi connectivity index (χ0n) is 17.4. The maximum atomic E-state index is 13.2. The van der Waals surface area contributed by atoms with Gasteiger partial charge in [-0.2, -0.15) is 0 Å². The van der Waals surface area contributed by atoms with Gasteiger partial charge in [0.05, 0.1) is 13.7 Å². The highest BCUT2D eigenvalue weighted by atomic mass is 32.1. The molecule has 0 aliphatic heterocycles. The SMILES string of the molecule is CCCCCc1ccc(C(=O)N(Cc2nc(C(=O)OC)cs2)C(C)(C)C)cc1. The fourth-order valence-corrected chi connectivity index (χ4v) is 3.63. The van der Waals surface area contributed by atoms with E-state index in [0.717, 1.165) is 6.42 Å². The Morgan fingerprint density at radius 2 is 1.82 bits per heavy atom. The van der Waals surface area contributed by atoms with Crippen molar-refractivity contribution in [1.29, 1.82) is 0 Å². The van der Waals surface area contributed by atoms with Gasteiger partial charge in [0, 0.05) is 16.5 Å². The Morgan fingerprint density at radius 3 is 2.39 bits per heavy atom. The molecule has 28 heavy (non-hydrogen) atoms. The van der Waals surface area contributed by atoms with Crippen molar-refractivity contribution in [3.63, 3.8) is 0 Å². The predicted molar refractivity (Wildman–Crippen MR) is 113 cm³/mol. The molecule has 1 amide bonds. The molecular formula is C22H30N2O3S. The van der Waals surface area contributed by atoms with E-state index in [2.05, 4.69) is 11.9 Å². The molecular weight excluding hydrogens is 372 g/mol. The van der Waals surface area contributed by atoms with E-state index in [9.17, 15) is 9.59 Å². The number of hydrogen-bond donors (Lipinski definition) is 0. The summed E-state index contributed by atoms with van der Waals surface area (Å²) in [5.74, 6) is -0.503. The van der Waals surface area contributed by atoms with Crippen molar-refractivity contribution in [3.05, 3.63) is 51.5 Å². The van der Waals surface area contributed by atoms with E-state index in [1.165, 1.54) is 43.3 Å². The number of aromatic nitrogens is 1. The van der Waals surface area contributed by atoms with E-state index in [1.807, 2.05) is 45.0 Å². The van der Waals surface area contributed by atoms with Gasteiger partial charge in [0.25, 0.3) is 5.91 Å². The highest BCUT2D eigenvalue weighted by molar-refractivity contribution is 7.09. The van der Waals surface area contributed by atoms with Crippen molar-refractivity contribution in [2.75, 3.05) is 7.11 Å². The van der Waals surface area contributed by atoms with Crippen LogP contribution in [0.1, 0.15) is 78.4 Å². The largest absolute Gasteiger partial charge is 0.464 e. The summed E-state index contributed by atoms with van der Waals surface area (Å²) in [4.78, 5) is 30.9. The number of methoxy groups -OCH3 is 1. The molecule has 152 valence electrons. The number of unbranched alkanes of at least 4 members (excludes halogenated alkanes) is 2. The van der Waals surface area contributed by atoms with Crippen LogP contribution in [-0.2, 0) is 17.7 Å². The standard InChI is InChI=1S/C22H30N2O3S/c1-6-7-8-9-16-10-12-17(13-11-16)20(25)24(22(2,3)4)14-19-23-18(15-28-19)21(26)27-5/h10-13,15H,6-9,14H2,1-5H3. The van der Waals surface area contributed by atoms with Crippen molar-refractivity contribution < 1.29 is 14.3 Å². The number of carbonyl (C=O) groups excluding carboxylic acids is 2. The van der Waals surface area contributed by atoms with Crippen LogP contribution in [0.25, 0.3) is 0 Å². The summed E-state index contributed by atoms with van der Waals surface area (Å²) < 4.78 is 4.71. The lowest BCUT2D eigenvalue weighted by atomic mass is 10.0. The molecule has 1 aromatic heterocycles. The molecule has 5 nitrogen and oxygen atoms in total. The minimum absolute atomic E-state index is 0.0394. The summed E-state index contributed by atoms with van der Waals surface area (Å²) in [7, 11) is 1.33. The van der Waals surface area contributed by atoms with Crippen molar-refractivity contribution >= 4 is 23.2 Å². The van der Waals surface area contributed by atoms with Gasteiger partial charge >= 0.3 is 5.97 Å². The van der Waals surface area contributed by atoms with Crippen LogP contribution in [0.15, 0.2) is 29.6 Å². The first-order valence-electron chi connectivity index (χ1n) is 9.70. The molecule has 2 aromatic rings. The van der Waals surface area contributed by atoms with Crippen LogP contribution in [0.4, 0.5) is 0 Å². The zero-order chi connectivity index (χ0) is 20.7. The summed E-state index contributed by atoms with van der Waals surface area (Å²) in [6, 6.07) is 7.90. The second-order valence-corrected chi connectivity index (χ2v) is 8.78. The number of thiazole rings is 1. The zero-order valence-corrected chi connectivity index (χ0v) is 18.3. The Kier molecular flexibility index (Phi) is 7.75. The lowest BCUT2D eigenvalue weighted by Gasteiger charge is -2.35. The molecule has 2 rings (SSSR count). The van der Waals surface area contributed by atoms with E-state index in [1.54, 1.807) is 10.3 Å². The van der Waals surface area contributed by atoms with Gasteiger partial charge in [0.2, 0.25) is 0 Å². The normalized spacial score (nSPS) is 11.3. The smallest absolute Gasteiger partial charge is 0.357 e. The number of rotatable bonds is 8. The van der Waals surface area contributed by atoms with Gasteiger partial charge in [-0.3, -0.25) is 4.79 Å². The minimum atomic E-state index is -0.463. The molecule has 1 heterocycles. The summed E-state index contributed by atoms with van der Waals surface area (Å²) in [5, 5.41) is 2.37. The predicted octanol–water partition coefficient (Wildman–Crippen LogP) is 5.10. The molecule has 0 aliphatic carbocycles. The third-order valence-electron chi connectivity index (χ3n) is 4.56. The Hall–Kier alpha value is -2.21. The molecule has 0 radical (unpaired) electrons. The third kappa shape index (κ3) is 5.89. The summed E-state index contributed by atoms with van der Waals surface area (Å²) in [5.41, 5.74) is 1.82. The van der Waals surface area contributed by atoms with E-state index >= 15 is 0 Å². The summed E-state index contributed by atoms with van der Waals surface area (Å²) >= 11 is 1.36. The molecule has 0 fully saturated rings. The molecule has 0 aliphatic rings. The van der Waals surface area contributed by atoms with Crippen molar-refractivity contribution in [2.24, 2.45) is 0 Å². The first kappa shape index (κ1) is 22.1. The lowest BCUT2D eigenvalue weighted by molar-refractivity contribution is 0.0558. The van der Waals surface area contributed by atoms with Crippen LogP contribution in [-0.4, -0.2) is 34.4 Å². The monoisotopic (exact) mass is 402 g/mol. The topological polar surface area (TPSA) is 59.5 Å². The van der Waals surface area contributed by atoms with E-state index in [-0.39, 0.29) is 17.1 Å². The van der Waals surface area contributed by atoms with Crippen molar-refractivity contribution in [1.82, 2.24) is 9.88 Å². The van der Waals surface area contributed by atoms with Gasteiger partial charge in [-0.15, -0.1) is 11.3 Å². The van der Waals surface area contributed by atoms with Gasteiger partial charge in [-0.05, 0) is 51.3 Å². The van der Waals surface area contributed by atoms with Gasteiger partial charge in [0.15, 0.2) is 5.69 Å². The van der Waals surface area contributed by atoms with Crippen LogP contribution < -0.4 is 0 Å². The van der Waals surface area contributed by atoms with Crippen LogP contribution in [0.5, 0.6) is 0 Å². The van der Waals surface area contributed by atoms with E-state index < -0.39 is 5.97 Å². The fraction of sp³-hybridized carbons (Fsp3) is 0.500. The number of amides is 1. The number of esters is 1. The van der Waals surface area contributed by atoms with Crippen molar-refractivity contribution in [3.8, 4) is 0 Å². The molecule has 1 aromatic carbocycles. The highest BCUT2D eigenvalue weighted by Gasteiger charge is 2.28. The second kappa shape index (κ2) is 9.82. The quantitative estimate of drug-likeness (QED) is 0.455. The number of carbonyl (C=O) groups is 2. The van der Waals surface area contributed by atoms with Crippen LogP contribution >= 0.6 is 11.3 Å². The number of benzene rings is 1. The van der Waals surface area contributed by atoms with Crippen LogP contribution in [0.2, 0.25) is 0 Å². The summed E-state index contributed by atoms with van der Waals surface area (Å²) in [6.45, 7) is 8.54. The summed E-state index contributed by atoms with van der Waals surface area (Å²) in [6.07, 6.45) is 4.64. The van der Waals surface area contributed by atoms with Gasteiger partial charge in [-0.1, -0.05) is 31.9 Å². The molecule has 0 saturated carbocycles. The maximum Gasteiger partial charge on any atom is 0.357 e. The lowest BCUT2D eigenvalue weighted by Crippen LogP contribution is -2.45. The third-order valence-corrected chi connectivity index (χ3v) is 5.40. The Morgan fingerprint density at radius 1 is 1.14 bits per heavy atom. The Labute approximate surface area is 171 Å². The first-order valence-corrected chi connectivity index (χ1v) is 10.6. The molecule has 6 heteroatoms. The van der Waals surface area contributed by atoms with Gasteiger partial charge < -0.3 is 9.64 Å². The van der Waals surface area contributed by atoms with Gasteiger partial charge in [0.1, 0.15) is 5.01 Å². The average Bonchev–Trinajstić information content (AvgIpc) is 3.13. The van der Waals surface area contributed by atoms with Gasteiger partial charge in [-0.25, -0.2) is 9.78 Å². The Bertz CT molecular complexity index is 791. The number of aryl methyl sites for hydroxylation is 1. The van der Waals surface area contributed by atoms with E-state index in [0.29, 0.717) is 17.1 Å². The number of ether oxygens (including phenoxy) is 1. The molecule has 0 atom stereocenters.